The van der Waals surface area contributed by atoms with Crippen LogP contribution >= 0.6 is 0 Å². The minimum Gasteiger partial charge on any atom is -0.348 e. The maximum Gasteiger partial charge on any atom is 0.109 e. The third-order valence-electron chi connectivity index (χ3n) is 4.33. The lowest BCUT2D eigenvalue weighted by atomic mass is 9.96. The van der Waals surface area contributed by atoms with Crippen LogP contribution in [0.2, 0.25) is 0 Å². The van der Waals surface area contributed by atoms with E-state index in [0.717, 1.165) is 18.8 Å². The van der Waals surface area contributed by atoms with E-state index in [4.69, 9.17) is 5.73 Å². The number of nitrogens with two attached hydrogens (primary N) is 1. The number of imidazole rings is 1. The molecular formula is C18H35N3. The lowest BCUT2D eigenvalue weighted by Gasteiger charge is -2.13. The first-order valence-electron chi connectivity index (χ1n) is 9.07. The Hall–Kier alpha value is -0.830. The normalized spacial score (nSPS) is 12.7. The third kappa shape index (κ3) is 8.92. The van der Waals surface area contributed by atoms with Gasteiger partial charge in [-0.1, -0.05) is 71.1 Å². The van der Waals surface area contributed by atoms with Gasteiger partial charge in [-0.15, -0.1) is 0 Å². The number of unbranched alkanes of at least 4 members (excludes halogenated alkanes) is 9. The fourth-order valence-electron chi connectivity index (χ4n) is 3.00. The van der Waals surface area contributed by atoms with Crippen molar-refractivity contribution in [2.45, 2.75) is 89.9 Å². The van der Waals surface area contributed by atoms with Gasteiger partial charge in [-0.05, 0) is 19.4 Å². The first-order chi connectivity index (χ1) is 10.4. The van der Waals surface area contributed by atoms with Crippen LogP contribution in [0.1, 0.15) is 95.7 Å². The monoisotopic (exact) mass is 293 g/mol. The predicted octanol–water partition coefficient (Wildman–Crippen LogP) is 5.15. The molecule has 0 aliphatic rings. The molecule has 3 heteroatoms. The molecule has 0 saturated carbocycles. The van der Waals surface area contributed by atoms with Crippen molar-refractivity contribution in [3.05, 3.63) is 18.2 Å². The molecular weight excluding hydrogens is 258 g/mol. The summed E-state index contributed by atoms with van der Waals surface area (Å²) >= 11 is 0. The second-order valence-electron chi connectivity index (χ2n) is 6.22. The quantitative estimate of drug-likeness (QED) is 0.466. The first kappa shape index (κ1) is 18.2. The summed E-state index contributed by atoms with van der Waals surface area (Å²) in [6, 6.07) is 0. The summed E-state index contributed by atoms with van der Waals surface area (Å²) in [5.41, 5.74) is 5.71. The molecule has 1 aromatic rings. The number of nitrogens with one attached hydrogen (secondary N) is 1. The zero-order chi connectivity index (χ0) is 15.2. The maximum absolute atomic E-state index is 5.71. The molecule has 1 aromatic heterocycles. The number of hydrogen-bond donors (Lipinski definition) is 2. The molecule has 0 aliphatic carbocycles. The fourth-order valence-corrected chi connectivity index (χ4v) is 3.00. The van der Waals surface area contributed by atoms with Gasteiger partial charge in [0.25, 0.3) is 0 Å². The molecule has 122 valence electrons. The molecule has 1 heterocycles. The Morgan fingerprint density at radius 3 is 2.10 bits per heavy atom. The molecule has 1 rings (SSSR count). The minimum absolute atomic E-state index is 0.527. The Labute approximate surface area is 131 Å². The summed E-state index contributed by atoms with van der Waals surface area (Å²) in [6.45, 7) is 3.03. The van der Waals surface area contributed by atoms with Crippen LogP contribution in [0.25, 0.3) is 0 Å². The summed E-state index contributed by atoms with van der Waals surface area (Å²) in [6.07, 6.45) is 20.0. The molecule has 0 radical (unpaired) electrons. The van der Waals surface area contributed by atoms with Gasteiger partial charge in [-0.3, -0.25) is 0 Å². The van der Waals surface area contributed by atoms with Crippen LogP contribution in [0.4, 0.5) is 0 Å². The van der Waals surface area contributed by atoms with Gasteiger partial charge in [0.05, 0.1) is 0 Å². The smallest absolute Gasteiger partial charge is 0.109 e. The highest BCUT2D eigenvalue weighted by Gasteiger charge is 2.12. The zero-order valence-electron chi connectivity index (χ0n) is 13.9. The molecule has 0 aromatic carbocycles. The highest BCUT2D eigenvalue weighted by molar-refractivity contribution is 4.96. The standard InChI is InChI=1S/C18H35N3/c1-2-3-4-5-6-7-8-9-10-11-12-17(13-14-19)18-20-15-16-21-18/h15-17H,2-14,19H2,1H3,(H,20,21). The van der Waals surface area contributed by atoms with E-state index in [9.17, 15) is 0 Å². The topological polar surface area (TPSA) is 54.7 Å². The molecule has 0 spiro atoms. The summed E-state index contributed by atoms with van der Waals surface area (Å²) in [5.74, 6) is 1.65. The van der Waals surface area contributed by atoms with Gasteiger partial charge in [0.1, 0.15) is 5.82 Å². The van der Waals surface area contributed by atoms with Crippen LogP contribution in [0, 0.1) is 0 Å². The molecule has 1 unspecified atom stereocenters. The average Bonchev–Trinajstić information content (AvgIpc) is 3.02. The van der Waals surface area contributed by atoms with Crippen LogP contribution < -0.4 is 5.73 Å². The molecule has 0 amide bonds. The van der Waals surface area contributed by atoms with E-state index < -0.39 is 0 Å². The fraction of sp³-hybridized carbons (Fsp3) is 0.833. The molecule has 0 fully saturated rings. The van der Waals surface area contributed by atoms with Crippen molar-refractivity contribution in [1.29, 1.82) is 0 Å². The molecule has 0 saturated heterocycles. The Balaban J connectivity index is 1.97. The average molecular weight is 293 g/mol. The molecule has 1 atom stereocenters. The number of hydrogen-bond acceptors (Lipinski definition) is 2. The summed E-state index contributed by atoms with van der Waals surface area (Å²) in [5, 5.41) is 0. The van der Waals surface area contributed by atoms with Crippen LogP contribution in [0.5, 0.6) is 0 Å². The van der Waals surface area contributed by atoms with Gasteiger partial charge < -0.3 is 10.7 Å². The Morgan fingerprint density at radius 2 is 1.57 bits per heavy atom. The molecule has 0 aliphatic heterocycles. The van der Waals surface area contributed by atoms with Crippen molar-refractivity contribution in [3.63, 3.8) is 0 Å². The summed E-state index contributed by atoms with van der Waals surface area (Å²) in [7, 11) is 0. The van der Waals surface area contributed by atoms with Gasteiger partial charge in [0.15, 0.2) is 0 Å². The second kappa shape index (κ2) is 12.9. The Kier molecular flexibility index (Phi) is 11.2. The van der Waals surface area contributed by atoms with E-state index in [1.165, 1.54) is 70.6 Å². The van der Waals surface area contributed by atoms with E-state index in [1.54, 1.807) is 0 Å². The van der Waals surface area contributed by atoms with Crippen molar-refractivity contribution in [2.24, 2.45) is 5.73 Å². The molecule has 0 bridgehead atoms. The van der Waals surface area contributed by atoms with E-state index >= 15 is 0 Å². The van der Waals surface area contributed by atoms with Gasteiger partial charge >= 0.3 is 0 Å². The van der Waals surface area contributed by atoms with E-state index in [0.29, 0.717) is 5.92 Å². The van der Waals surface area contributed by atoms with E-state index in [-0.39, 0.29) is 0 Å². The molecule has 3 nitrogen and oxygen atoms in total. The van der Waals surface area contributed by atoms with Crippen molar-refractivity contribution in [2.75, 3.05) is 6.54 Å². The third-order valence-corrected chi connectivity index (χ3v) is 4.33. The lowest BCUT2D eigenvalue weighted by molar-refractivity contribution is 0.500. The van der Waals surface area contributed by atoms with Crippen molar-refractivity contribution < 1.29 is 0 Å². The Morgan fingerprint density at radius 1 is 0.952 bits per heavy atom. The number of aromatic amines is 1. The van der Waals surface area contributed by atoms with Crippen LogP contribution in [0.15, 0.2) is 12.4 Å². The Bertz CT molecular complexity index is 308. The number of rotatable bonds is 14. The highest BCUT2D eigenvalue weighted by atomic mass is 14.9. The zero-order valence-corrected chi connectivity index (χ0v) is 13.9. The number of aromatic nitrogens is 2. The SMILES string of the molecule is CCCCCCCCCCCCC(CCN)c1ncc[nH]1. The summed E-state index contributed by atoms with van der Waals surface area (Å²) < 4.78 is 0. The second-order valence-corrected chi connectivity index (χ2v) is 6.22. The number of H-pyrrole nitrogens is 1. The van der Waals surface area contributed by atoms with Gasteiger partial charge in [0.2, 0.25) is 0 Å². The van der Waals surface area contributed by atoms with Crippen molar-refractivity contribution in [1.82, 2.24) is 9.97 Å². The number of nitrogens with zero attached hydrogens (tertiary/aromatic N) is 1. The highest BCUT2D eigenvalue weighted by Crippen LogP contribution is 2.23. The summed E-state index contributed by atoms with van der Waals surface area (Å²) in [4.78, 5) is 7.63. The van der Waals surface area contributed by atoms with Gasteiger partial charge in [-0.25, -0.2) is 4.98 Å². The van der Waals surface area contributed by atoms with Gasteiger partial charge in [0, 0.05) is 18.3 Å². The largest absolute Gasteiger partial charge is 0.348 e. The molecule has 3 N–H and O–H groups in total. The van der Waals surface area contributed by atoms with Gasteiger partial charge in [-0.2, -0.15) is 0 Å². The van der Waals surface area contributed by atoms with Crippen molar-refractivity contribution >= 4 is 0 Å². The van der Waals surface area contributed by atoms with Crippen LogP contribution in [-0.4, -0.2) is 16.5 Å². The van der Waals surface area contributed by atoms with E-state index in [2.05, 4.69) is 16.9 Å². The maximum atomic E-state index is 5.71. The minimum atomic E-state index is 0.527. The molecule has 21 heavy (non-hydrogen) atoms. The predicted molar refractivity (Wildman–Crippen MR) is 91.5 cm³/mol. The van der Waals surface area contributed by atoms with E-state index in [1.807, 2.05) is 12.4 Å². The van der Waals surface area contributed by atoms with Crippen molar-refractivity contribution in [3.8, 4) is 0 Å². The first-order valence-corrected chi connectivity index (χ1v) is 9.07. The van der Waals surface area contributed by atoms with Crippen LogP contribution in [-0.2, 0) is 0 Å². The van der Waals surface area contributed by atoms with Crippen LogP contribution in [0.3, 0.4) is 0 Å². The lowest BCUT2D eigenvalue weighted by Crippen LogP contribution is -2.09.